The maximum Gasteiger partial charge on any atom is 0.142 e. The van der Waals surface area contributed by atoms with Crippen LogP contribution in [-0.4, -0.2) is 38.2 Å². The zero-order valence-corrected chi connectivity index (χ0v) is 13.5. The minimum Gasteiger partial charge on any atom is -0.495 e. The molecule has 0 bridgehead atoms. The van der Waals surface area contributed by atoms with E-state index in [9.17, 15) is 0 Å². The molecule has 1 aliphatic heterocycles. The van der Waals surface area contributed by atoms with Gasteiger partial charge in [-0.05, 0) is 24.6 Å². The van der Waals surface area contributed by atoms with Crippen molar-refractivity contribution in [3.05, 3.63) is 59.7 Å². The van der Waals surface area contributed by atoms with Gasteiger partial charge in [-0.3, -0.25) is 4.90 Å². The van der Waals surface area contributed by atoms with Crippen molar-refractivity contribution in [2.24, 2.45) is 0 Å². The van der Waals surface area contributed by atoms with Gasteiger partial charge in [0.1, 0.15) is 5.75 Å². The van der Waals surface area contributed by atoms with Gasteiger partial charge in [0.2, 0.25) is 0 Å². The van der Waals surface area contributed by atoms with Crippen molar-refractivity contribution in [1.29, 1.82) is 0 Å². The molecule has 0 radical (unpaired) electrons. The van der Waals surface area contributed by atoms with Crippen molar-refractivity contribution >= 4 is 5.69 Å². The van der Waals surface area contributed by atoms with Crippen LogP contribution in [0.3, 0.4) is 0 Å². The number of piperazine rings is 1. The molecule has 0 unspecified atom stereocenters. The lowest BCUT2D eigenvalue weighted by atomic mass is 10.1. The fourth-order valence-electron chi connectivity index (χ4n) is 3.11. The van der Waals surface area contributed by atoms with Crippen LogP contribution in [-0.2, 0) is 6.54 Å². The fourth-order valence-corrected chi connectivity index (χ4v) is 3.11. The molecule has 0 atom stereocenters. The van der Waals surface area contributed by atoms with Gasteiger partial charge in [-0.2, -0.15) is 0 Å². The van der Waals surface area contributed by atoms with Crippen LogP contribution >= 0.6 is 0 Å². The number of para-hydroxylation sites is 2. The lowest BCUT2D eigenvalue weighted by molar-refractivity contribution is 0.249. The van der Waals surface area contributed by atoms with E-state index in [4.69, 9.17) is 4.74 Å². The molecule has 1 heterocycles. The Labute approximate surface area is 133 Å². The Hall–Kier alpha value is -2.00. The highest BCUT2D eigenvalue weighted by Crippen LogP contribution is 2.28. The van der Waals surface area contributed by atoms with Gasteiger partial charge in [0.25, 0.3) is 0 Å². The lowest BCUT2D eigenvalue weighted by Gasteiger charge is -2.36. The van der Waals surface area contributed by atoms with Crippen LogP contribution in [0.15, 0.2) is 48.5 Å². The number of hydrogen-bond donors (Lipinski definition) is 0. The molecule has 1 fully saturated rings. The highest BCUT2D eigenvalue weighted by Gasteiger charge is 2.19. The first-order valence-corrected chi connectivity index (χ1v) is 7.92. The van der Waals surface area contributed by atoms with E-state index in [-0.39, 0.29) is 0 Å². The molecule has 116 valence electrons. The van der Waals surface area contributed by atoms with Crippen molar-refractivity contribution in [2.45, 2.75) is 13.5 Å². The maximum absolute atomic E-state index is 5.48. The van der Waals surface area contributed by atoms with Gasteiger partial charge in [-0.1, -0.05) is 42.0 Å². The number of methoxy groups -OCH3 is 1. The molecule has 0 spiro atoms. The molecule has 0 amide bonds. The average molecular weight is 296 g/mol. The van der Waals surface area contributed by atoms with E-state index in [1.54, 1.807) is 7.11 Å². The van der Waals surface area contributed by atoms with Crippen molar-refractivity contribution in [1.82, 2.24) is 4.90 Å². The van der Waals surface area contributed by atoms with Crippen LogP contribution < -0.4 is 9.64 Å². The topological polar surface area (TPSA) is 15.7 Å². The molecule has 2 aromatic rings. The first kappa shape index (κ1) is 14.9. The lowest BCUT2D eigenvalue weighted by Crippen LogP contribution is -2.46. The number of nitrogens with zero attached hydrogens (tertiary/aromatic N) is 2. The van der Waals surface area contributed by atoms with Crippen LogP contribution in [0.5, 0.6) is 5.75 Å². The summed E-state index contributed by atoms with van der Waals surface area (Å²) in [7, 11) is 1.74. The second-order valence-electron chi connectivity index (χ2n) is 5.92. The zero-order valence-electron chi connectivity index (χ0n) is 13.5. The molecule has 0 saturated carbocycles. The molecule has 1 aliphatic rings. The van der Waals surface area contributed by atoms with Crippen LogP contribution in [0.4, 0.5) is 5.69 Å². The van der Waals surface area contributed by atoms with Gasteiger partial charge in [0.05, 0.1) is 12.8 Å². The summed E-state index contributed by atoms with van der Waals surface area (Å²) in [4.78, 5) is 4.95. The molecule has 0 aromatic heterocycles. The predicted molar refractivity (Wildman–Crippen MR) is 91.7 cm³/mol. The Morgan fingerprint density at radius 1 is 0.955 bits per heavy atom. The molecule has 0 aliphatic carbocycles. The summed E-state index contributed by atoms with van der Waals surface area (Å²) < 4.78 is 5.48. The summed E-state index contributed by atoms with van der Waals surface area (Å²) >= 11 is 0. The number of benzene rings is 2. The van der Waals surface area contributed by atoms with E-state index in [0.717, 1.165) is 38.5 Å². The minimum absolute atomic E-state index is 0.967. The number of rotatable bonds is 4. The number of anilines is 1. The third-order valence-corrected chi connectivity index (χ3v) is 4.29. The summed E-state index contributed by atoms with van der Waals surface area (Å²) in [5, 5.41) is 0. The summed E-state index contributed by atoms with van der Waals surface area (Å²) in [5.41, 5.74) is 3.95. The van der Waals surface area contributed by atoms with Crippen molar-refractivity contribution < 1.29 is 4.74 Å². The Morgan fingerprint density at radius 2 is 1.73 bits per heavy atom. The summed E-state index contributed by atoms with van der Waals surface area (Å²) in [6.45, 7) is 7.47. The molecule has 2 aromatic carbocycles. The zero-order chi connectivity index (χ0) is 15.4. The third-order valence-electron chi connectivity index (χ3n) is 4.29. The Balaban J connectivity index is 1.60. The van der Waals surface area contributed by atoms with Gasteiger partial charge >= 0.3 is 0 Å². The largest absolute Gasteiger partial charge is 0.495 e. The average Bonchev–Trinajstić information content (AvgIpc) is 2.56. The second-order valence-corrected chi connectivity index (χ2v) is 5.92. The van der Waals surface area contributed by atoms with Crippen molar-refractivity contribution in [3.63, 3.8) is 0 Å². The summed E-state index contributed by atoms with van der Waals surface area (Å²) in [6, 6.07) is 17.1. The molecule has 0 N–H and O–H groups in total. The molecule has 3 rings (SSSR count). The van der Waals surface area contributed by atoms with Crippen LogP contribution in [0.1, 0.15) is 11.1 Å². The Bertz CT molecular complexity index is 618. The number of ether oxygens (including phenoxy) is 1. The summed E-state index contributed by atoms with van der Waals surface area (Å²) in [6.07, 6.45) is 0. The van der Waals surface area contributed by atoms with Crippen molar-refractivity contribution in [2.75, 3.05) is 38.2 Å². The highest BCUT2D eigenvalue weighted by molar-refractivity contribution is 5.58. The molecule has 1 saturated heterocycles. The van der Waals surface area contributed by atoms with Crippen LogP contribution in [0, 0.1) is 6.92 Å². The molecule has 3 nitrogen and oxygen atoms in total. The van der Waals surface area contributed by atoms with Crippen LogP contribution in [0.2, 0.25) is 0 Å². The first-order valence-electron chi connectivity index (χ1n) is 7.92. The fraction of sp³-hybridized carbons (Fsp3) is 0.368. The summed E-state index contributed by atoms with van der Waals surface area (Å²) in [5.74, 6) is 0.967. The Kier molecular flexibility index (Phi) is 4.64. The van der Waals surface area contributed by atoms with E-state index in [1.165, 1.54) is 16.8 Å². The van der Waals surface area contributed by atoms with Gasteiger partial charge in [0, 0.05) is 32.7 Å². The standard InChI is InChI=1S/C19H24N2O/c1-16-6-5-7-17(14-16)15-20-10-12-21(13-11-20)18-8-3-4-9-19(18)22-2/h3-9,14H,10-13,15H2,1-2H3. The quantitative estimate of drug-likeness (QED) is 0.861. The minimum atomic E-state index is 0.967. The van der Waals surface area contributed by atoms with Gasteiger partial charge < -0.3 is 9.64 Å². The first-order chi connectivity index (χ1) is 10.8. The van der Waals surface area contributed by atoms with E-state index < -0.39 is 0 Å². The maximum atomic E-state index is 5.48. The van der Waals surface area contributed by atoms with Gasteiger partial charge in [-0.15, -0.1) is 0 Å². The van der Waals surface area contributed by atoms with Crippen LogP contribution in [0.25, 0.3) is 0 Å². The van der Waals surface area contributed by atoms with Gasteiger partial charge in [-0.25, -0.2) is 0 Å². The normalized spacial score (nSPS) is 15.8. The molecule has 3 heteroatoms. The Morgan fingerprint density at radius 3 is 2.45 bits per heavy atom. The van der Waals surface area contributed by atoms with E-state index in [2.05, 4.69) is 53.1 Å². The monoisotopic (exact) mass is 296 g/mol. The predicted octanol–water partition coefficient (Wildman–Crippen LogP) is 3.33. The SMILES string of the molecule is COc1ccccc1N1CCN(Cc2cccc(C)c2)CC1. The molecule has 22 heavy (non-hydrogen) atoms. The highest BCUT2D eigenvalue weighted by atomic mass is 16.5. The second kappa shape index (κ2) is 6.84. The van der Waals surface area contributed by atoms with E-state index in [0.29, 0.717) is 0 Å². The van der Waals surface area contributed by atoms with Crippen molar-refractivity contribution in [3.8, 4) is 5.75 Å². The van der Waals surface area contributed by atoms with E-state index >= 15 is 0 Å². The van der Waals surface area contributed by atoms with Gasteiger partial charge in [0.15, 0.2) is 0 Å². The van der Waals surface area contributed by atoms with E-state index in [1.807, 2.05) is 12.1 Å². The molecular weight excluding hydrogens is 272 g/mol. The molecular formula is C19H24N2O. The number of aryl methyl sites for hydroxylation is 1. The third kappa shape index (κ3) is 3.42. The number of hydrogen-bond acceptors (Lipinski definition) is 3. The smallest absolute Gasteiger partial charge is 0.142 e.